The maximum atomic E-state index is 12.2. The van der Waals surface area contributed by atoms with Crippen molar-refractivity contribution in [1.29, 1.82) is 0 Å². The van der Waals surface area contributed by atoms with E-state index in [9.17, 15) is 22.8 Å². The summed E-state index contributed by atoms with van der Waals surface area (Å²) >= 11 is 0. The van der Waals surface area contributed by atoms with Crippen molar-refractivity contribution in [1.82, 2.24) is 10.8 Å². The second-order valence-electron chi connectivity index (χ2n) is 6.02. The van der Waals surface area contributed by atoms with E-state index in [-0.39, 0.29) is 0 Å². The normalized spacial score (nSPS) is 13.6. The average Bonchev–Trinajstić information content (AvgIpc) is 2.45. The minimum absolute atomic E-state index is 0.656. The van der Waals surface area contributed by atoms with Gasteiger partial charge in [0.05, 0.1) is 12.8 Å². The van der Waals surface area contributed by atoms with Gasteiger partial charge in [-0.2, -0.15) is 8.42 Å². The quantitative estimate of drug-likeness (QED) is 0.141. The van der Waals surface area contributed by atoms with Crippen molar-refractivity contribution in [2.45, 2.75) is 38.5 Å². The highest BCUT2D eigenvalue weighted by atomic mass is 32.2. The number of hydrogen-bond donors (Lipinski definition) is 3. The number of amides is 2. The molecular weight excluding hydrogens is 390 g/mol. The molecule has 27 heavy (non-hydrogen) atoms. The van der Waals surface area contributed by atoms with Crippen LogP contribution in [0.5, 0.6) is 0 Å². The van der Waals surface area contributed by atoms with Crippen LogP contribution in [0.15, 0.2) is 5.11 Å². The van der Waals surface area contributed by atoms with Crippen LogP contribution in [0.3, 0.4) is 0 Å². The summed E-state index contributed by atoms with van der Waals surface area (Å²) in [5.41, 5.74) is 9.21. The third kappa shape index (κ3) is 12.4. The summed E-state index contributed by atoms with van der Waals surface area (Å²) in [5.74, 6) is -2.56. The molecular formula is C12H21N5O9S. The Hall–Kier alpha value is -2.61. The van der Waals surface area contributed by atoms with E-state index in [0.717, 1.165) is 0 Å². The van der Waals surface area contributed by atoms with Gasteiger partial charge in [-0.1, -0.05) is 5.11 Å². The molecule has 154 valence electrons. The minimum Gasteiger partial charge on any atom is -0.479 e. The van der Waals surface area contributed by atoms with Gasteiger partial charge in [0.15, 0.2) is 6.61 Å². The van der Waals surface area contributed by atoms with Gasteiger partial charge in [-0.25, -0.2) is 15.1 Å². The van der Waals surface area contributed by atoms with Crippen LogP contribution in [0, 0.1) is 0 Å². The third-order valence-electron chi connectivity index (χ3n) is 2.32. The lowest BCUT2D eigenvalue weighted by molar-refractivity contribution is -0.150. The summed E-state index contributed by atoms with van der Waals surface area (Å²) < 4.78 is 32.5. The van der Waals surface area contributed by atoms with Gasteiger partial charge in [-0.05, 0) is 26.3 Å². The second-order valence-corrected chi connectivity index (χ2v) is 7.63. The van der Waals surface area contributed by atoms with E-state index in [1.165, 1.54) is 0 Å². The van der Waals surface area contributed by atoms with Gasteiger partial charge in [0.2, 0.25) is 0 Å². The number of nitrogens with one attached hydrogen (secondary N) is 2. The molecule has 0 saturated carbocycles. The maximum absolute atomic E-state index is 12.2. The lowest BCUT2D eigenvalue weighted by Crippen LogP contribution is -2.56. The topological polar surface area (TPSA) is 206 Å². The fourth-order valence-corrected chi connectivity index (χ4v) is 2.15. The van der Waals surface area contributed by atoms with Crippen molar-refractivity contribution in [2.24, 2.45) is 5.11 Å². The smallest absolute Gasteiger partial charge is 0.408 e. The van der Waals surface area contributed by atoms with Crippen LogP contribution >= 0.6 is 0 Å². The van der Waals surface area contributed by atoms with Gasteiger partial charge >= 0.3 is 12.1 Å². The molecule has 0 fully saturated rings. The highest BCUT2D eigenvalue weighted by molar-refractivity contribution is 7.86. The molecule has 14 nitrogen and oxygen atoms in total. The highest BCUT2D eigenvalue weighted by Gasteiger charge is 2.34. The summed E-state index contributed by atoms with van der Waals surface area (Å²) in [6, 6.07) is -1.76. The number of ether oxygens (including phenoxy) is 1. The van der Waals surface area contributed by atoms with Crippen LogP contribution < -0.4 is 10.8 Å². The molecule has 0 aliphatic heterocycles. The maximum Gasteiger partial charge on any atom is 0.408 e. The Morgan fingerprint density at radius 1 is 1.30 bits per heavy atom. The molecule has 0 aliphatic carbocycles. The van der Waals surface area contributed by atoms with Gasteiger partial charge in [-0.15, -0.1) is 0 Å². The fourth-order valence-electron chi connectivity index (χ4n) is 1.53. The van der Waals surface area contributed by atoms with Gasteiger partial charge in [-0.3, -0.25) is 13.8 Å². The SMILES string of the molecule is CC(C)(C)OC(=O)N[C@H](C(=O)NOCC(=O)O)[C@@H](CN=[N+]=[N-])OS(C)(=O)=O. The van der Waals surface area contributed by atoms with Crippen molar-refractivity contribution in [3.63, 3.8) is 0 Å². The number of rotatable bonds is 10. The first kappa shape index (κ1) is 24.4. The molecule has 0 aromatic rings. The number of azide groups is 1. The van der Waals surface area contributed by atoms with Crippen LogP contribution in [-0.2, 0) is 33.5 Å². The van der Waals surface area contributed by atoms with E-state index >= 15 is 0 Å². The molecule has 2 atom stereocenters. The molecule has 3 N–H and O–H groups in total. The number of carbonyl (C=O) groups excluding carboxylic acids is 2. The van der Waals surface area contributed by atoms with Gasteiger partial charge in [0.25, 0.3) is 16.0 Å². The molecule has 0 radical (unpaired) electrons. The molecule has 0 bridgehead atoms. The van der Waals surface area contributed by atoms with E-state index < -0.39 is 59.0 Å². The molecule has 0 heterocycles. The first-order chi connectivity index (χ1) is 12.2. The number of carboxylic acid groups (broad SMARTS) is 1. The Morgan fingerprint density at radius 2 is 1.89 bits per heavy atom. The third-order valence-corrected chi connectivity index (χ3v) is 2.91. The lowest BCUT2D eigenvalue weighted by atomic mass is 10.1. The number of alkyl carbamates (subject to hydrolysis) is 1. The van der Waals surface area contributed by atoms with Crippen molar-refractivity contribution < 1.29 is 41.7 Å². The highest BCUT2D eigenvalue weighted by Crippen LogP contribution is 2.10. The second kappa shape index (κ2) is 10.5. The molecule has 2 amide bonds. The Bertz CT molecular complexity index is 697. The van der Waals surface area contributed by atoms with E-state index in [4.69, 9.17) is 15.4 Å². The molecule has 15 heteroatoms. The number of nitrogens with zero attached hydrogens (tertiary/aromatic N) is 3. The van der Waals surface area contributed by atoms with E-state index in [1.807, 2.05) is 0 Å². The van der Waals surface area contributed by atoms with Crippen LogP contribution in [-0.4, -0.2) is 68.6 Å². The van der Waals surface area contributed by atoms with Crippen LogP contribution in [0.4, 0.5) is 4.79 Å². The first-order valence-corrected chi connectivity index (χ1v) is 9.09. The summed E-state index contributed by atoms with van der Waals surface area (Å²) in [7, 11) is -4.13. The number of carboxylic acids is 1. The fraction of sp³-hybridized carbons (Fsp3) is 0.750. The number of hydrogen-bond acceptors (Lipinski definition) is 9. The molecule has 0 unspecified atom stereocenters. The van der Waals surface area contributed by atoms with E-state index in [0.29, 0.717) is 6.26 Å². The predicted octanol–water partition coefficient (Wildman–Crippen LogP) is -0.333. The number of aliphatic carboxylic acids is 1. The zero-order valence-electron chi connectivity index (χ0n) is 15.0. The van der Waals surface area contributed by atoms with Crippen LogP contribution in [0.2, 0.25) is 0 Å². The Balaban J connectivity index is 5.52. The Kier molecular flexibility index (Phi) is 9.50. The zero-order valence-corrected chi connectivity index (χ0v) is 15.8. The molecule has 0 rings (SSSR count). The van der Waals surface area contributed by atoms with E-state index in [2.05, 4.69) is 24.4 Å². The lowest BCUT2D eigenvalue weighted by Gasteiger charge is -2.27. The Labute approximate surface area is 154 Å². The molecule has 0 spiro atoms. The molecule has 0 aliphatic rings. The Morgan fingerprint density at radius 3 is 2.33 bits per heavy atom. The van der Waals surface area contributed by atoms with Crippen molar-refractivity contribution in [3.05, 3.63) is 10.4 Å². The van der Waals surface area contributed by atoms with Crippen LogP contribution in [0.25, 0.3) is 10.4 Å². The van der Waals surface area contributed by atoms with Gasteiger partial charge in [0, 0.05) is 4.91 Å². The average molecular weight is 411 g/mol. The van der Waals surface area contributed by atoms with E-state index in [1.54, 1.807) is 26.3 Å². The predicted molar refractivity (Wildman–Crippen MR) is 88.6 cm³/mol. The standard InChI is InChI=1S/C12H21N5O9S/c1-12(2,3)25-11(21)15-9(10(20)16-24-6-8(18)19)7(5-14-17-13)26-27(4,22)23/h7,9H,5-6H2,1-4H3,(H,15,21)(H,16,20)(H,18,19)/t7-,9+/m1/s1. The molecule has 0 saturated heterocycles. The number of carbonyl (C=O) groups is 3. The summed E-state index contributed by atoms with van der Waals surface area (Å²) in [6.45, 7) is 3.07. The van der Waals surface area contributed by atoms with Crippen molar-refractivity contribution in [3.8, 4) is 0 Å². The minimum atomic E-state index is -4.13. The summed E-state index contributed by atoms with van der Waals surface area (Å²) in [6.07, 6.45) is -2.08. The summed E-state index contributed by atoms with van der Waals surface area (Å²) in [5, 5.41) is 13.7. The van der Waals surface area contributed by atoms with Gasteiger partial charge in [0.1, 0.15) is 17.7 Å². The van der Waals surface area contributed by atoms with Gasteiger partial charge < -0.3 is 15.2 Å². The molecule has 0 aromatic heterocycles. The van der Waals surface area contributed by atoms with Crippen molar-refractivity contribution >= 4 is 28.1 Å². The first-order valence-electron chi connectivity index (χ1n) is 7.27. The largest absolute Gasteiger partial charge is 0.479 e. The van der Waals surface area contributed by atoms with Crippen LogP contribution in [0.1, 0.15) is 20.8 Å². The molecule has 0 aromatic carbocycles. The van der Waals surface area contributed by atoms with Crippen molar-refractivity contribution in [2.75, 3.05) is 19.4 Å². The zero-order chi connectivity index (χ0) is 21.3. The monoisotopic (exact) mass is 411 g/mol. The summed E-state index contributed by atoms with van der Waals surface area (Å²) in [4.78, 5) is 41.4. The number of hydroxylamine groups is 1.